The number of hydrogen-bond acceptors (Lipinski definition) is 2. The Hall–Kier alpha value is -3.33. The average Bonchev–Trinajstić information content (AvgIpc) is 3.07. The Labute approximate surface area is 191 Å². The van der Waals surface area contributed by atoms with Crippen LogP contribution in [-0.2, 0) is 0 Å². The fourth-order valence-corrected chi connectivity index (χ4v) is 4.34. The molecule has 0 aliphatic rings. The molecule has 0 aliphatic heterocycles. The molecule has 164 valence electrons. The maximum Gasteiger partial charge on any atom is 0.148 e. The molecule has 3 aromatic carbocycles. The first-order chi connectivity index (χ1) is 15.3. The van der Waals surface area contributed by atoms with Crippen molar-refractivity contribution in [2.75, 3.05) is 0 Å². The molecule has 4 rings (SSSR count). The number of imidazole rings is 1. The fraction of sp³-hybridized carbons (Fsp3) is 0.276. The standard InChI is InChI=1S/C29H32N2O/c1-18(2)25-16-23(22-12-8-7-9-13-22)17-26(19(3)4)28(25)31-21(6)20(5)30-29(31)24-14-10-11-15-27(24)32/h7-19,32H,1-6H3. The van der Waals surface area contributed by atoms with E-state index in [-0.39, 0.29) is 5.75 Å². The number of aromatic hydroxyl groups is 1. The van der Waals surface area contributed by atoms with Gasteiger partial charge in [-0.25, -0.2) is 4.98 Å². The zero-order valence-electron chi connectivity index (χ0n) is 19.8. The monoisotopic (exact) mass is 424 g/mol. The molecule has 3 heteroatoms. The van der Waals surface area contributed by atoms with Crippen molar-refractivity contribution in [1.82, 2.24) is 9.55 Å². The van der Waals surface area contributed by atoms with Gasteiger partial charge in [0.15, 0.2) is 0 Å². The minimum atomic E-state index is 0.247. The van der Waals surface area contributed by atoms with Gasteiger partial charge in [0.05, 0.1) is 16.9 Å². The van der Waals surface area contributed by atoms with Crippen molar-refractivity contribution in [3.05, 3.63) is 89.2 Å². The van der Waals surface area contributed by atoms with Gasteiger partial charge in [-0.05, 0) is 72.2 Å². The lowest BCUT2D eigenvalue weighted by atomic mass is 9.88. The van der Waals surface area contributed by atoms with E-state index >= 15 is 0 Å². The quantitative estimate of drug-likeness (QED) is 0.355. The molecule has 0 spiro atoms. The second-order valence-corrected chi connectivity index (χ2v) is 9.14. The summed E-state index contributed by atoms with van der Waals surface area (Å²) in [7, 11) is 0. The molecule has 0 amide bonds. The Morgan fingerprint density at radius 1 is 0.750 bits per heavy atom. The third-order valence-electron chi connectivity index (χ3n) is 6.23. The van der Waals surface area contributed by atoms with Crippen LogP contribution in [0.15, 0.2) is 66.7 Å². The highest BCUT2D eigenvalue weighted by Crippen LogP contribution is 2.40. The Balaban J connectivity index is 2.08. The number of hydrogen-bond donors (Lipinski definition) is 1. The molecule has 0 radical (unpaired) electrons. The SMILES string of the molecule is Cc1nc(-c2ccccc2O)n(-c2c(C(C)C)cc(-c3ccccc3)cc2C(C)C)c1C. The summed E-state index contributed by atoms with van der Waals surface area (Å²) in [6.45, 7) is 13.1. The Bertz CT molecular complexity index is 1220. The van der Waals surface area contributed by atoms with Crippen molar-refractivity contribution in [2.24, 2.45) is 0 Å². The second kappa shape index (κ2) is 8.66. The van der Waals surface area contributed by atoms with Crippen LogP contribution in [0.25, 0.3) is 28.2 Å². The van der Waals surface area contributed by atoms with Crippen LogP contribution in [0.5, 0.6) is 5.75 Å². The summed E-state index contributed by atoms with van der Waals surface area (Å²) >= 11 is 0. The van der Waals surface area contributed by atoms with E-state index < -0.39 is 0 Å². The molecular weight excluding hydrogens is 392 g/mol. The van der Waals surface area contributed by atoms with E-state index in [1.165, 1.54) is 27.9 Å². The molecule has 0 fully saturated rings. The molecule has 0 saturated carbocycles. The zero-order chi connectivity index (χ0) is 23.0. The number of phenolic OH excluding ortho intramolecular Hbond substituents is 1. The van der Waals surface area contributed by atoms with E-state index in [4.69, 9.17) is 4.98 Å². The van der Waals surface area contributed by atoms with Crippen LogP contribution in [0.3, 0.4) is 0 Å². The molecule has 0 atom stereocenters. The first-order valence-electron chi connectivity index (χ1n) is 11.4. The Morgan fingerprint density at radius 3 is 1.88 bits per heavy atom. The maximum absolute atomic E-state index is 10.6. The smallest absolute Gasteiger partial charge is 0.148 e. The van der Waals surface area contributed by atoms with Crippen molar-refractivity contribution in [2.45, 2.75) is 53.4 Å². The lowest BCUT2D eigenvalue weighted by Crippen LogP contribution is -2.10. The number of nitrogens with zero attached hydrogens (tertiary/aromatic N) is 2. The fourth-order valence-electron chi connectivity index (χ4n) is 4.34. The van der Waals surface area contributed by atoms with E-state index in [1.807, 2.05) is 25.1 Å². The van der Waals surface area contributed by atoms with Gasteiger partial charge in [0.2, 0.25) is 0 Å². The lowest BCUT2D eigenvalue weighted by Gasteiger charge is -2.25. The van der Waals surface area contributed by atoms with E-state index in [9.17, 15) is 5.11 Å². The highest BCUT2D eigenvalue weighted by molar-refractivity contribution is 5.73. The van der Waals surface area contributed by atoms with Gasteiger partial charge in [-0.1, -0.05) is 70.2 Å². The highest BCUT2D eigenvalue weighted by atomic mass is 16.3. The summed E-state index contributed by atoms with van der Waals surface area (Å²) in [6, 6.07) is 22.7. The molecule has 4 aromatic rings. The van der Waals surface area contributed by atoms with Crippen molar-refractivity contribution in [3.8, 4) is 34.0 Å². The summed E-state index contributed by atoms with van der Waals surface area (Å²) in [6.07, 6.45) is 0. The molecule has 0 unspecified atom stereocenters. The van der Waals surface area contributed by atoms with Gasteiger partial charge in [-0.3, -0.25) is 4.57 Å². The topological polar surface area (TPSA) is 38.1 Å². The van der Waals surface area contributed by atoms with Gasteiger partial charge in [0, 0.05) is 5.69 Å². The number of para-hydroxylation sites is 1. The summed E-state index contributed by atoms with van der Waals surface area (Å²) < 4.78 is 2.25. The van der Waals surface area contributed by atoms with Gasteiger partial charge >= 0.3 is 0 Å². The zero-order valence-corrected chi connectivity index (χ0v) is 19.8. The number of benzene rings is 3. The number of rotatable bonds is 5. The van der Waals surface area contributed by atoms with Gasteiger partial charge in [-0.2, -0.15) is 0 Å². The van der Waals surface area contributed by atoms with Crippen LogP contribution in [0.4, 0.5) is 0 Å². The molecule has 1 N–H and O–H groups in total. The maximum atomic E-state index is 10.6. The first-order valence-corrected chi connectivity index (χ1v) is 11.4. The van der Waals surface area contributed by atoms with Crippen molar-refractivity contribution >= 4 is 0 Å². The highest BCUT2D eigenvalue weighted by Gasteiger charge is 2.24. The third-order valence-corrected chi connectivity index (χ3v) is 6.23. The van der Waals surface area contributed by atoms with Crippen LogP contribution in [-0.4, -0.2) is 14.7 Å². The van der Waals surface area contributed by atoms with Crippen LogP contribution in [0.1, 0.15) is 62.0 Å². The van der Waals surface area contributed by atoms with Crippen molar-refractivity contribution in [3.63, 3.8) is 0 Å². The number of aromatic nitrogens is 2. The lowest BCUT2D eigenvalue weighted by molar-refractivity contribution is 0.476. The van der Waals surface area contributed by atoms with Crippen molar-refractivity contribution in [1.29, 1.82) is 0 Å². The van der Waals surface area contributed by atoms with Crippen LogP contribution in [0.2, 0.25) is 0 Å². The molecule has 1 aromatic heterocycles. The molecule has 0 bridgehead atoms. The third kappa shape index (κ3) is 3.84. The first kappa shape index (κ1) is 21.9. The summed E-state index contributed by atoms with van der Waals surface area (Å²) in [5.74, 6) is 1.68. The van der Waals surface area contributed by atoms with Crippen LogP contribution >= 0.6 is 0 Å². The minimum absolute atomic E-state index is 0.247. The normalized spacial score (nSPS) is 11.5. The molecule has 3 nitrogen and oxygen atoms in total. The largest absolute Gasteiger partial charge is 0.507 e. The minimum Gasteiger partial charge on any atom is -0.507 e. The van der Waals surface area contributed by atoms with Gasteiger partial charge in [0.1, 0.15) is 11.6 Å². The summed E-state index contributed by atoms with van der Waals surface area (Å²) in [5.41, 5.74) is 9.03. The van der Waals surface area contributed by atoms with E-state index in [0.717, 1.165) is 22.8 Å². The van der Waals surface area contributed by atoms with Gasteiger partial charge in [0.25, 0.3) is 0 Å². The number of aryl methyl sites for hydroxylation is 1. The van der Waals surface area contributed by atoms with Crippen molar-refractivity contribution < 1.29 is 5.11 Å². The second-order valence-electron chi connectivity index (χ2n) is 9.14. The number of phenols is 1. The molecule has 0 saturated heterocycles. The molecular formula is C29H32N2O. The van der Waals surface area contributed by atoms with E-state index in [0.29, 0.717) is 11.8 Å². The van der Waals surface area contributed by atoms with Gasteiger partial charge < -0.3 is 5.11 Å². The Kier molecular flexibility index (Phi) is 5.92. The van der Waals surface area contributed by atoms with Crippen LogP contribution < -0.4 is 0 Å². The molecule has 1 heterocycles. The summed E-state index contributed by atoms with van der Waals surface area (Å²) in [4.78, 5) is 4.90. The predicted octanol–water partition coefficient (Wildman–Crippen LogP) is 7.78. The van der Waals surface area contributed by atoms with E-state index in [1.54, 1.807) is 6.07 Å². The Morgan fingerprint density at radius 2 is 1.31 bits per heavy atom. The van der Waals surface area contributed by atoms with E-state index in [2.05, 4.69) is 81.7 Å². The molecule has 0 aliphatic carbocycles. The van der Waals surface area contributed by atoms with Crippen LogP contribution in [0, 0.1) is 13.8 Å². The molecule has 32 heavy (non-hydrogen) atoms. The predicted molar refractivity (Wildman–Crippen MR) is 134 cm³/mol. The summed E-state index contributed by atoms with van der Waals surface area (Å²) in [5, 5.41) is 10.6. The average molecular weight is 425 g/mol. The van der Waals surface area contributed by atoms with Gasteiger partial charge in [-0.15, -0.1) is 0 Å².